The van der Waals surface area contributed by atoms with Crippen molar-refractivity contribution in [1.29, 1.82) is 0 Å². The highest BCUT2D eigenvalue weighted by Crippen LogP contribution is 2.46. The number of aromatic hydroxyl groups is 1. The topological polar surface area (TPSA) is 200 Å². The van der Waals surface area contributed by atoms with Crippen LogP contribution in [0, 0.1) is 0 Å². The molecule has 12 heteroatoms. The normalized spacial score (nSPS) is 23.1. The molecule has 1 heterocycles. The molecule has 0 unspecified atom stereocenters. The lowest BCUT2D eigenvalue weighted by Gasteiger charge is -2.39. The monoisotopic (exact) mass is 764 g/mol. The lowest BCUT2D eigenvalue weighted by atomic mass is 9.77. The van der Waals surface area contributed by atoms with Crippen molar-refractivity contribution < 1.29 is 59.2 Å². The number of phenolic OH excluding ortho intramolecular Hbond substituents is 1. The van der Waals surface area contributed by atoms with Crippen molar-refractivity contribution in [2.24, 2.45) is 0 Å². The van der Waals surface area contributed by atoms with E-state index >= 15 is 0 Å². The van der Waals surface area contributed by atoms with Gasteiger partial charge in [0, 0.05) is 41.2 Å². The van der Waals surface area contributed by atoms with Gasteiger partial charge in [0.1, 0.15) is 35.6 Å². The zero-order valence-corrected chi connectivity index (χ0v) is 31.0. The van der Waals surface area contributed by atoms with Gasteiger partial charge in [-0.25, -0.2) is 0 Å². The molecule has 3 aliphatic rings. The van der Waals surface area contributed by atoms with E-state index in [9.17, 15) is 45.0 Å². The van der Waals surface area contributed by atoms with Gasteiger partial charge in [-0.2, -0.15) is 0 Å². The van der Waals surface area contributed by atoms with Crippen LogP contribution in [-0.4, -0.2) is 78.9 Å². The summed E-state index contributed by atoms with van der Waals surface area (Å²) in [5.74, 6) is -3.08. The van der Waals surface area contributed by atoms with Gasteiger partial charge in [-0.1, -0.05) is 79.9 Å². The summed E-state index contributed by atoms with van der Waals surface area (Å²) >= 11 is 0. The van der Waals surface area contributed by atoms with Gasteiger partial charge in [0.25, 0.3) is 0 Å². The van der Waals surface area contributed by atoms with Gasteiger partial charge in [0.15, 0.2) is 11.6 Å². The quantitative estimate of drug-likeness (QED) is 0.0688. The van der Waals surface area contributed by atoms with Gasteiger partial charge in [-0.15, -0.1) is 0 Å². The fraction of sp³-hybridized carbons (Fsp3) is 0.341. The molecule has 0 radical (unpaired) electrons. The zero-order chi connectivity index (χ0) is 39.9. The Hall–Kier alpha value is -5.21. The van der Waals surface area contributed by atoms with Crippen molar-refractivity contribution in [2.45, 2.75) is 95.3 Å². The van der Waals surface area contributed by atoms with E-state index in [1.165, 1.54) is 32.1 Å². The molecule has 5 atom stereocenters. The molecule has 1 saturated carbocycles. The molecule has 0 spiro atoms. The number of rotatable bonds is 9. The highest BCUT2D eigenvalue weighted by molar-refractivity contribution is 6.31. The maximum Gasteiger partial charge on any atom is 0.308 e. The zero-order valence-electron chi connectivity index (χ0n) is 31.0. The first-order valence-corrected chi connectivity index (χ1v) is 18.7. The van der Waals surface area contributed by atoms with Crippen LogP contribution in [0.5, 0.6) is 17.2 Å². The minimum absolute atomic E-state index is 0.00734. The summed E-state index contributed by atoms with van der Waals surface area (Å²) in [5, 5.41) is 66.0. The predicted octanol–water partition coefficient (Wildman–Crippen LogP) is 4.70. The fourth-order valence-corrected chi connectivity index (χ4v) is 7.96. The van der Waals surface area contributed by atoms with Crippen LogP contribution < -0.4 is 9.47 Å². The summed E-state index contributed by atoms with van der Waals surface area (Å²) < 4.78 is 17.4. The van der Waals surface area contributed by atoms with Crippen molar-refractivity contribution in [1.82, 2.24) is 0 Å². The number of aliphatic hydroxyl groups is 5. The average molecular weight is 765 g/mol. The Balaban J connectivity index is 1.40. The molecule has 2 fully saturated rings. The average Bonchev–Trinajstić information content (AvgIpc) is 3.19. The summed E-state index contributed by atoms with van der Waals surface area (Å²) in [4.78, 5) is 41.7. The van der Waals surface area contributed by atoms with E-state index in [1.54, 1.807) is 18.2 Å². The lowest BCUT2D eigenvalue weighted by Crippen LogP contribution is -2.58. The second-order valence-corrected chi connectivity index (χ2v) is 14.7. The molecular weight excluding hydrogens is 720 g/mol. The molecule has 0 bridgehead atoms. The van der Waals surface area contributed by atoms with Crippen molar-refractivity contribution in [3.05, 3.63) is 122 Å². The van der Waals surface area contributed by atoms with Gasteiger partial charge in [0.2, 0.25) is 6.29 Å². The number of aliphatic hydroxyl groups excluding tert-OH is 4. The van der Waals surface area contributed by atoms with Gasteiger partial charge in [-0.3, -0.25) is 14.4 Å². The van der Waals surface area contributed by atoms with E-state index in [-0.39, 0.29) is 56.9 Å². The van der Waals surface area contributed by atoms with Crippen LogP contribution >= 0.6 is 0 Å². The minimum Gasteiger partial charge on any atom is -0.507 e. The van der Waals surface area contributed by atoms with E-state index in [2.05, 4.69) is 0 Å². The molecule has 7 rings (SSSR count). The predicted molar refractivity (Wildman–Crippen MR) is 203 cm³/mol. The van der Waals surface area contributed by atoms with Gasteiger partial charge >= 0.3 is 5.97 Å². The minimum atomic E-state index is -1.75. The first-order valence-electron chi connectivity index (χ1n) is 18.7. The number of esters is 1. The number of carbonyl (C=O) groups excluding carboxylic acids is 3. The van der Waals surface area contributed by atoms with Crippen LogP contribution in [0.2, 0.25) is 0 Å². The number of ketones is 2. The first-order chi connectivity index (χ1) is 26.8. The Morgan fingerprint density at radius 3 is 2.29 bits per heavy atom. The standard InChI is InChI=1S/C44H44O12/c1-23-37(47)41(51)42(52)43(54-23)56-33-21-31-36(38(48)30(33)19-26-12-9-13-28(18-26)44(53)16-7-4-8-17-44)40(50)34-27(22-45)20-32(55-24(2)46)29(35(34)39(31)49)15-14-25-10-5-3-6-11-25/h3,5-6,9-15,18,20-21,23,37,41-43,45,47-48,51-53H,4,7-8,16-17,19,22H2,1-2H3/t23-,37-,41-,42-,43-/m1/s1. The first kappa shape index (κ1) is 39.0. The number of ether oxygens (including phenoxy) is 3. The SMILES string of the molecule is CC(=O)Oc1cc(CO)c2c(c1C=Cc1ccccc1)C(=O)c1cc(O[C@H]3O[C@H](C)[C@@H](O)[C@@H](O)[C@H]3O)c(Cc3cccc(C4(O)CCCCC4)c3)c(O)c1C2=O. The molecule has 0 amide bonds. The van der Waals surface area contributed by atoms with Crippen molar-refractivity contribution in [3.63, 3.8) is 0 Å². The molecule has 4 aromatic rings. The molecule has 12 nitrogen and oxygen atoms in total. The summed E-state index contributed by atoms with van der Waals surface area (Å²) in [5.41, 5.74) is 0.149. The molecule has 4 aromatic carbocycles. The third kappa shape index (κ3) is 7.27. The Morgan fingerprint density at radius 1 is 0.857 bits per heavy atom. The number of hydrogen-bond donors (Lipinski definition) is 6. The fourth-order valence-electron chi connectivity index (χ4n) is 7.96. The Kier molecular flexibility index (Phi) is 11.0. The van der Waals surface area contributed by atoms with E-state index in [0.29, 0.717) is 24.0 Å². The summed E-state index contributed by atoms with van der Waals surface area (Å²) in [7, 11) is 0. The summed E-state index contributed by atoms with van der Waals surface area (Å²) in [6.45, 7) is 1.95. The van der Waals surface area contributed by atoms with Gasteiger partial charge < -0.3 is 44.8 Å². The lowest BCUT2D eigenvalue weighted by molar-refractivity contribution is -0.268. The summed E-state index contributed by atoms with van der Waals surface area (Å²) in [6, 6.07) is 18.9. The second kappa shape index (κ2) is 15.7. The van der Waals surface area contributed by atoms with E-state index in [0.717, 1.165) is 24.8 Å². The van der Waals surface area contributed by atoms with Crippen molar-refractivity contribution in [2.75, 3.05) is 0 Å². The molecule has 6 N–H and O–H groups in total. The molecule has 292 valence electrons. The van der Waals surface area contributed by atoms with Crippen LogP contribution in [-0.2, 0) is 28.2 Å². The van der Waals surface area contributed by atoms with Crippen LogP contribution in [0.4, 0.5) is 0 Å². The second-order valence-electron chi connectivity index (χ2n) is 14.7. The maximum atomic E-state index is 14.8. The van der Waals surface area contributed by atoms with Crippen LogP contribution in [0.3, 0.4) is 0 Å². The van der Waals surface area contributed by atoms with Crippen LogP contribution in [0.1, 0.15) is 111 Å². The van der Waals surface area contributed by atoms with Crippen molar-refractivity contribution in [3.8, 4) is 17.2 Å². The Bertz CT molecular complexity index is 2200. The van der Waals surface area contributed by atoms with E-state index in [1.807, 2.05) is 42.5 Å². The molecule has 1 saturated heterocycles. The maximum absolute atomic E-state index is 14.8. The van der Waals surface area contributed by atoms with Crippen LogP contribution in [0.15, 0.2) is 66.7 Å². The Labute approximate surface area is 323 Å². The van der Waals surface area contributed by atoms with Crippen molar-refractivity contribution >= 4 is 29.7 Å². The van der Waals surface area contributed by atoms with Gasteiger partial charge in [-0.05, 0) is 60.2 Å². The highest BCUT2D eigenvalue weighted by atomic mass is 16.7. The summed E-state index contributed by atoms with van der Waals surface area (Å²) in [6.07, 6.45) is -0.324. The number of carbonyl (C=O) groups is 3. The molecule has 2 aliphatic carbocycles. The third-order valence-electron chi connectivity index (χ3n) is 10.9. The third-order valence-corrected chi connectivity index (χ3v) is 10.9. The van der Waals surface area contributed by atoms with E-state index < -0.39 is 66.2 Å². The van der Waals surface area contributed by atoms with Crippen LogP contribution in [0.25, 0.3) is 12.2 Å². The number of fused-ring (bicyclic) bond motifs is 2. The molecule has 56 heavy (non-hydrogen) atoms. The molecular formula is C44H44O12. The molecule has 0 aromatic heterocycles. The number of hydrogen-bond acceptors (Lipinski definition) is 12. The highest BCUT2D eigenvalue weighted by Gasteiger charge is 2.45. The Morgan fingerprint density at radius 2 is 1.59 bits per heavy atom. The number of phenols is 1. The molecule has 1 aliphatic heterocycles. The number of benzene rings is 4. The van der Waals surface area contributed by atoms with Gasteiger partial charge in [0.05, 0.1) is 23.9 Å². The smallest absolute Gasteiger partial charge is 0.308 e. The van der Waals surface area contributed by atoms with E-state index in [4.69, 9.17) is 14.2 Å². The largest absolute Gasteiger partial charge is 0.507 e.